The Bertz CT molecular complexity index is 186. The van der Waals surface area contributed by atoms with Crippen molar-refractivity contribution in [1.29, 1.82) is 0 Å². The van der Waals surface area contributed by atoms with Crippen LogP contribution in [-0.4, -0.2) is 32.5 Å². The van der Waals surface area contributed by atoms with Crippen LogP contribution in [0.4, 0.5) is 0 Å². The topological polar surface area (TPSA) is 63.6 Å². The van der Waals surface area contributed by atoms with Gasteiger partial charge in [0.2, 0.25) is 0 Å². The maximum Gasteiger partial charge on any atom is 0.267 e. The van der Waals surface area contributed by atoms with Crippen molar-refractivity contribution in [3.05, 3.63) is 0 Å². The summed E-state index contributed by atoms with van der Waals surface area (Å²) in [5.74, 6) is 0.0755. The highest BCUT2D eigenvalue weighted by Gasteiger charge is 2.07. The first-order valence-corrected chi connectivity index (χ1v) is 5.68. The molecule has 0 unspecified atom stereocenters. The Hall–Kier alpha value is -0.130. The highest BCUT2D eigenvalue weighted by atomic mass is 32.2. The lowest BCUT2D eigenvalue weighted by Gasteiger charge is -2.02. The zero-order chi connectivity index (χ0) is 9.45. The molecule has 12 heavy (non-hydrogen) atoms. The summed E-state index contributed by atoms with van der Waals surface area (Å²) in [6, 6.07) is 0. The first kappa shape index (κ1) is 11.9. The highest BCUT2D eigenvalue weighted by Crippen LogP contribution is 1.98. The summed E-state index contributed by atoms with van der Waals surface area (Å²) in [6.07, 6.45) is 1.74. The molecule has 0 spiro atoms. The SMILES string of the molecule is CCCS(=O)(=O)OCCCCO. The second kappa shape index (κ2) is 6.39. The fraction of sp³-hybridized carbons (Fsp3) is 1.00. The third-order valence-corrected chi connectivity index (χ3v) is 2.70. The predicted octanol–water partition coefficient (Wildman–Crippen LogP) is 0.515. The summed E-state index contributed by atoms with van der Waals surface area (Å²) in [4.78, 5) is 0. The second-order valence-corrected chi connectivity index (χ2v) is 4.27. The molecule has 0 radical (unpaired) electrons. The van der Waals surface area contributed by atoms with Crippen LogP contribution < -0.4 is 0 Å². The summed E-state index contributed by atoms with van der Waals surface area (Å²) in [5.41, 5.74) is 0. The minimum absolute atomic E-state index is 0.0755. The van der Waals surface area contributed by atoms with Gasteiger partial charge in [-0.15, -0.1) is 0 Å². The van der Waals surface area contributed by atoms with E-state index in [0.717, 1.165) is 0 Å². The minimum atomic E-state index is -3.29. The van der Waals surface area contributed by atoms with E-state index in [0.29, 0.717) is 19.3 Å². The van der Waals surface area contributed by atoms with E-state index < -0.39 is 10.1 Å². The van der Waals surface area contributed by atoms with E-state index in [1.54, 1.807) is 6.92 Å². The third kappa shape index (κ3) is 6.57. The van der Waals surface area contributed by atoms with E-state index in [1.807, 2.05) is 0 Å². The first-order valence-electron chi connectivity index (χ1n) is 4.10. The third-order valence-electron chi connectivity index (χ3n) is 1.27. The van der Waals surface area contributed by atoms with Gasteiger partial charge >= 0.3 is 0 Å². The molecular weight excluding hydrogens is 180 g/mol. The lowest BCUT2D eigenvalue weighted by Crippen LogP contribution is -2.10. The lowest BCUT2D eigenvalue weighted by atomic mass is 10.3. The molecule has 0 aliphatic carbocycles. The summed E-state index contributed by atoms with van der Waals surface area (Å²) in [7, 11) is -3.29. The number of aliphatic hydroxyl groups is 1. The number of aliphatic hydroxyl groups excluding tert-OH is 1. The average molecular weight is 196 g/mol. The van der Waals surface area contributed by atoms with Crippen LogP contribution in [0.3, 0.4) is 0 Å². The summed E-state index contributed by atoms with van der Waals surface area (Å²) in [6.45, 7) is 2.05. The van der Waals surface area contributed by atoms with E-state index in [2.05, 4.69) is 4.18 Å². The molecule has 0 fully saturated rings. The Balaban J connectivity index is 3.48. The highest BCUT2D eigenvalue weighted by molar-refractivity contribution is 7.86. The number of hydrogen-bond acceptors (Lipinski definition) is 4. The molecule has 0 aliphatic rings. The molecule has 0 heterocycles. The Morgan fingerprint density at radius 1 is 1.33 bits per heavy atom. The van der Waals surface area contributed by atoms with Crippen molar-refractivity contribution < 1.29 is 17.7 Å². The van der Waals surface area contributed by atoms with Gasteiger partial charge in [-0.2, -0.15) is 8.42 Å². The Kier molecular flexibility index (Phi) is 6.32. The molecule has 0 aromatic heterocycles. The van der Waals surface area contributed by atoms with Crippen molar-refractivity contribution >= 4 is 10.1 Å². The van der Waals surface area contributed by atoms with Crippen molar-refractivity contribution in [1.82, 2.24) is 0 Å². The molecule has 0 amide bonds. The molecule has 0 aromatic carbocycles. The molecule has 0 saturated carbocycles. The molecule has 0 saturated heterocycles. The van der Waals surface area contributed by atoms with Crippen LogP contribution in [0.25, 0.3) is 0 Å². The summed E-state index contributed by atoms with van der Waals surface area (Å²) >= 11 is 0. The van der Waals surface area contributed by atoms with E-state index in [1.165, 1.54) is 0 Å². The van der Waals surface area contributed by atoms with Gasteiger partial charge in [-0.25, -0.2) is 0 Å². The molecule has 1 N–H and O–H groups in total. The molecule has 0 aromatic rings. The molecule has 0 aliphatic heterocycles. The Labute approximate surface area is 73.7 Å². The van der Waals surface area contributed by atoms with Crippen LogP contribution in [0, 0.1) is 0 Å². The van der Waals surface area contributed by atoms with E-state index in [-0.39, 0.29) is 19.0 Å². The molecule has 4 nitrogen and oxygen atoms in total. The van der Waals surface area contributed by atoms with Crippen LogP contribution >= 0.6 is 0 Å². The van der Waals surface area contributed by atoms with Crippen LogP contribution in [0.2, 0.25) is 0 Å². The van der Waals surface area contributed by atoms with Crippen LogP contribution in [0.5, 0.6) is 0 Å². The van der Waals surface area contributed by atoms with Crippen molar-refractivity contribution in [3.8, 4) is 0 Å². The normalized spacial score (nSPS) is 11.8. The fourth-order valence-electron chi connectivity index (χ4n) is 0.709. The van der Waals surface area contributed by atoms with Gasteiger partial charge in [0.1, 0.15) is 0 Å². The van der Waals surface area contributed by atoms with Gasteiger partial charge in [0.05, 0.1) is 12.4 Å². The maximum atomic E-state index is 10.9. The van der Waals surface area contributed by atoms with Gasteiger partial charge in [-0.3, -0.25) is 4.18 Å². The largest absolute Gasteiger partial charge is 0.396 e. The quantitative estimate of drug-likeness (QED) is 0.476. The second-order valence-electron chi connectivity index (χ2n) is 2.51. The fourth-order valence-corrected chi connectivity index (χ4v) is 1.70. The predicted molar refractivity (Wildman–Crippen MR) is 46.3 cm³/mol. The van der Waals surface area contributed by atoms with E-state index in [9.17, 15) is 8.42 Å². The molecule has 0 atom stereocenters. The molecule has 74 valence electrons. The smallest absolute Gasteiger partial charge is 0.267 e. The molecule has 0 bridgehead atoms. The van der Waals surface area contributed by atoms with Crippen molar-refractivity contribution in [2.45, 2.75) is 26.2 Å². The summed E-state index contributed by atoms with van der Waals surface area (Å²) in [5, 5.41) is 8.39. The van der Waals surface area contributed by atoms with E-state index >= 15 is 0 Å². The number of hydrogen-bond donors (Lipinski definition) is 1. The summed E-state index contributed by atoms with van der Waals surface area (Å²) < 4.78 is 26.5. The van der Waals surface area contributed by atoms with Gasteiger partial charge < -0.3 is 5.11 Å². The van der Waals surface area contributed by atoms with Crippen molar-refractivity contribution in [2.24, 2.45) is 0 Å². The van der Waals surface area contributed by atoms with Gasteiger partial charge in [-0.1, -0.05) is 6.92 Å². The van der Waals surface area contributed by atoms with E-state index in [4.69, 9.17) is 5.11 Å². The maximum absolute atomic E-state index is 10.9. The standard InChI is InChI=1S/C7H16O4S/c1-2-7-12(9,10)11-6-4-3-5-8/h8H,2-7H2,1H3. The zero-order valence-electron chi connectivity index (χ0n) is 7.32. The number of unbranched alkanes of at least 4 members (excludes halogenated alkanes) is 1. The van der Waals surface area contributed by atoms with Crippen molar-refractivity contribution in [3.63, 3.8) is 0 Å². The average Bonchev–Trinajstić information content (AvgIpc) is 1.98. The minimum Gasteiger partial charge on any atom is -0.396 e. The Morgan fingerprint density at radius 2 is 2.00 bits per heavy atom. The van der Waals surface area contributed by atoms with Crippen LogP contribution in [0.15, 0.2) is 0 Å². The number of rotatable bonds is 7. The van der Waals surface area contributed by atoms with Gasteiger partial charge in [0, 0.05) is 6.61 Å². The van der Waals surface area contributed by atoms with Crippen molar-refractivity contribution in [2.75, 3.05) is 19.0 Å². The molecule has 0 rings (SSSR count). The lowest BCUT2D eigenvalue weighted by molar-refractivity contribution is 0.255. The van der Waals surface area contributed by atoms with Gasteiger partial charge in [0.25, 0.3) is 10.1 Å². The van der Waals surface area contributed by atoms with Crippen LogP contribution in [-0.2, 0) is 14.3 Å². The molecular formula is C7H16O4S. The van der Waals surface area contributed by atoms with Gasteiger partial charge in [0.15, 0.2) is 0 Å². The monoisotopic (exact) mass is 196 g/mol. The van der Waals surface area contributed by atoms with Crippen LogP contribution in [0.1, 0.15) is 26.2 Å². The van der Waals surface area contributed by atoms with Gasteiger partial charge in [-0.05, 0) is 19.3 Å². The zero-order valence-corrected chi connectivity index (χ0v) is 8.14. The molecule has 5 heteroatoms. The first-order chi connectivity index (χ1) is 5.62. The Morgan fingerprint density at radius 3 is 2.50 bits per heavy atom.